The van der Waals surface area contributed by atoms with E-state index < -0.39 is 23.6 Å². The number of benzene rings is 1. The van der Waals surface area contributed by atoms with Gasteiger partial charge in [-0.2, -0.15) is 13.2 Å². The van der Waals surface area contributed by atoms with Crippen LogP contribution in [0.4, 0.5) is 17.6 Å². The maximum Gasteiger partial charge on any atom is 0.416 e. The van der Waals surface area contributed by atoms with Gasteiger partial charge in [0, 0.05) is 6.04 Å². The Bertz CT molecular complexity index is 395. The van der Waals surface area contributed by atoms with Crippen molar-refractivity contribution in [3.8, 4) is 0 Å². The lowest BCUT2D eigenvalue weighted by Crippen LogP contribution is -2.19. The molecule has 0 spiro atoms. The van der Waals surface area contributed by atoms with Crippen molar-refractivity contribution in [2.45, 2.75) is 25.1 Å². The van der Waals surface area contributed by atoms with E-state index in [0.29, 0.717) is 0 Å². The van der Waals surface area contributed by atoms with Crippen LogP contribution in [0.15, 0.2) is 18.2 Å². The Balaban J connectivity index is 2.43. The van der Waals surface area contributed by atoms with Crippen molar-refractivity contribution >= 4 is 0 Å². The Morgan fingerprint density at radius 2 is 1.88 bits per heavy atom. The molecule has 1 saturated carbocycles. The second-order valence-electron chi connectivity index (χ2n) is 4.09. The van der Waals surface area contributed by atoms with Gasteiger partial charge in [-0.15, -0.1) is 0 Å². The number of halogens is 4. The molecule has 0 radical (unpaired) electrons. The number of alkyl halides is 3. The number of hydrogen-bond acceptors (Lipinski definition) is 1. The van der Waals surface area contributed by atoms with E-state index in [1.54, 1.807) is 0 Å². The van der Waals surface area contributed by atoms with E-state index in [9.17, 15) is 17.6 Å². The van der Waals surface area contributed by atoms with Gasteiger partial charge < -0.3 is 5.73 Å². The SMILES string of the molecule is N[C@H](c1cc(F)ccc1C(F)(F)F)C1CC1. The summed E-state index contributed by atoms with van der Waals surface area (Å²) in [5.74, 6) is -0.623. The van der Waals surface area contributed by atoms with E-state index in [1.807, 2.05) is 0 Å². The van der Waals surface area contributed by atoms with Crippen LogP contribution >= 0.6 is 0 Å². The lowest BCUT2D eigenvalue weighted by Gasteiger charge is -2.17. The summed E-state index contributed by atoms with van der Waals surface area (Å²) in [5.41, 5.74) is 4.74. The van der Waals surface area contributed by atoms with Gasteiger partial charge in [-0.25, -0.2) is 4.39 Å². The van der Waals surface area contributed by atoms with Crippen molar-refractivity contribution in [3.05, 3.63) is 35.1 Å². The molecule has 88 valence electrons. The van der Waals surface area contributed by atoms with Crippen molar-refractivity contribution in [1.29, 1.82) is 0 Å². The Kier molecular flexibility index (Phi) is 2.66. The van der Waals surface area contributed by atoms with Gasteiger partial charge in [0.2, 0.25) is 0 Å². The molecule has 0 amide bonds. The van der Waals surface area contributed by atoms with E-state index in [2.05, 4.69) is 0 Å². The molecule has 5 heteroatoms. The third-order valence-corrected chi connectivity index (χ3v) is 2.81. The van der Waals surface area contributed by atoms with Crippen LogP contribution in [0, 0.1) is 11.7 Å². The van der Waals surface area contributed by atoms with Gasteiger partial charge in [0.15, 0.2) is 0 Å². The minimum Gasteiger partial charge on any atom is -0.324 e. The first kappa shape index (κ1) is 11.4. The van der Waals surface area contributed by atoms with E-state index in [1.165, 1.54) is 0 Å². The number of nitrogens with two attached hydrogens (primary N) is 1. The maximum absolute atomic E-state index is 13.0. The summed E-state index contributed by atoms with van der Waals surface area (Å²) in [6, 6.07) is 1.75. The number of hydrogen-bond donors (Lipinski definition) is 1. The minimum atomic E-state index is -4.48. The van der Waals surface area contributed by atoms with Crippen LogP contribution in [-0.4, -0.2) is 0 Å². The third-order valence-electron chi connectivity index (χ3n) is 2.81. The van der Waals surface area contributed by atoms with E-state index in [0.717, 1.165) is 31.0 Å². The highest BCUT2D eigenvalue weighted by Gasteiger charge is 2.38. The molecule has 1 nitrogen and oxygen atoms in total. The topological polar surface area (TPSA) is 26.0 Å². The molecule has 2 N–H and O–H groups in total. The molecule has 1 atom stereocenters. The second-order valence-corrected chi connectivity index (χ2v) is 4.09. The lowest BCUT2D eigenvalue weighted by atomic mass is 9.97. The standard InChI is InChI=1S/C11H11F4N/c12-7-3-4-9(11(13,14)15)8(5-7)10(16)6-1-2-6/h3-6,10H,1-2,16H2/t10-/m0/s1. The molecular formula is C11H11F4N. The summed E-state index contributed by atoms with van der Waals surface area (Å²) >= 11 is 0. The first-order valence-electron chi connectivity index (χ1n) is 5.02. The second kappa shape index (κ2) is 3.73. The molecule has 2 rings (SSSR count). The smallest absolute Gasteiger partial charge is 0.324 e. The van der Waals surface area contributed by atoms with Crippen LogP contribution in [0.5, 0.6) is 0 Å². The zero-order chi connectivity index (χ0) is 11.9. The maximum atomic E-state index is 13.0. The highest BCUT2D eigenvalue weighted by atomic mass is 19.4. The van der Waals surface area contributed by atoms with Crippen molar-refractivity contribution in [2.24, 2.45) is 11.7 Å². The molecule has 1 fully saturated rings. The fourth-order valence-electron chi connectivity index (χ4n) is 1.78. The Morgan fingerprint density at radius 3 is 2.38 bits per heavy atom. The van der Waals surface area contributed by atoms with Crippen LogP contribution in [-0.2, 0) is 6.18 Å². The monoisotopic (exact) mass is 233 g/mol. The van der Waals surface area contributed by atoms with Crippen LogP contribution < -0.4 is 5.73 Å². The van der Waals surface area contributed by atoms with Gasteiger partial charge in [-0.3, -0.25) is 0 Å². The van der Waals surface area contributed by atoms with Crippen molar-refractivity contribution in [3.63, 3.8) is 0 Å². The minimum absolute atomic E-state index is 0.0582. The Morgan fingerprint density at radius 1 is 1.25 bits per heavy atom. The summed E-state index contributed by atoms with van der Waals surface area (Å²) in [7, 11) is 0. The molecule has 0 unspecified atom stereocenters. The van der Waals surface area contributed by atoms with Gasteiger partial charge >= 0.3 is 6.18 Å². The van der Waals surface area contributed by atoms with Crippen LogP contribution in [0.3, 0.4) is 0 Å². The van der Waals surface area contributed by atoms with Gasteiger partial charge in [-0.1, -0.05) is 0 Å². The predicted octanol–water partition coefficient (Wildman–Crippen LogP) is 3.25. The van der Waals surface area contributed by atoms with Crippen LogP contribution in [0.1, 0.15) is 30.0 Å². The molecule has 0 aromatic heterocycles. The zero-order valence-corrected chi connectivity index (χ0v) is 8.39. The summed E-state index contributed by atoms with van der Waals surface area (Å²) in [6.07, 6.45) is -2.85. The molecule has 0 aliphatic heterocycles. The van der Waals surface area contributed by atoms with Crippen LogP contribution in [0.25, 0.3) is 0 Å². The Hall–Kier alpha value is -1.10. The Labute approximate surface area is 90.3 Å². The largest absolute Gasteiger partial charge is 0.416 e. The summed E-state index contributed by atoms with van der Waals surface area (Å²) < 4.78 is 50.9. The third kappa shape index (κ3) is 2.19. The fraction of sp³-hybridized carbons (Fsp3) is 0.455. The van der Waals surface area contributed by atoms with E-state index in [4.69, 9.17) is 5.73 Å². The van der Waals surface area contributed by atoms with Gasteiger partial charge in [0.25, 0.3) is 0 Å². The lowest BCUT2D eigenvalue weighted by molar-refractivity contribution is -0.138. The highest BCUT2D eigenvalue weighted by Crippen LogP contribution is 2.43. The first-order chi connectivity index (χ1) is 7.39. The van der Waals surface area contributed by atoms with Gasteiger partial charge in [0.05, 0.1) is 5.56 Å². The van der Waals surface area contributed by atoms with E-state index >= 15 is 0 Å². The average Bonchev–Trinajstić information content (AvgIpc) is 2.97. The summed E-state index contributed by atoms with van der Waals surface area (Å²) in [5, 5.41) is 0. The van der Waals surface area contributed by atoms with Crippen LogP contribution in [0.2, 0.25) is 0 Å². The molecule has 0 saturated heterocycles. The highest BCUT2D eigenvalue weighted by molar-refractivity contribution is 5.33. The van der Waals surface area contributed by atoms with Gasteiger partial charge in [0.1, 0.15) is 5.82 Å². The van der Waals surface area contributed by atoms with Crippen molar-refractivity contribution in [2.75, 3.05) is 0 Å². The fourth-order valence-corrected chi connectivity index (χ4v) is 1.78. The zero-order valence-electron chi connectivity index (χ0n) is 8.39. The molecule has 1 aliphatic carbocycles. The number of rotatable bonds is 2. The molecular weight excluding hydrogens is 222 g/mol. The molecule has 0 bridgehead atoms. The molecule has 0 heterocycles. The molecule has 1 aliphatic rings. The molecule has 16 heavy (non-hydrogen) atoms. The summed E-state index contributed by atoms with van der Waals surface area (Å²) in [6.45, 7) is 0. The quantitative estimate of drug-likeness (QED) is 0.779. The summed E-state index contributed by atoms with van der Waals surface area (Å²) in [4.78, 5) is 0. The van der Waals surface area contributed by atoms with E-state index in [-0.39, 0.29) is 11.5 Å². The predicted molar refractivity (Wildman–Crippen MR) is 51.1 cm³/mol. The van der Waals surface area contributed by atoms with Crippen molar-refractivity contribution < 1.29 is 17.6 Å². The molecule has 1 aromatic rings. The normalized spacial score (nSPS) is 18.6. The van der Waals surface area contributed by atoms with Gasteiger partial charge in [-0.05, 0) is 42.5 Å². The van der Waals surface area contributed by atoms with Crippen molar-refractivity contribution in [1.82, 2.24) is 0 Å². The average molecular weight is 233 g/mol. The molecule has 1 aromatic carbocycles. The first-order valence-corrected chi connectivity index (χ1v) is 5.02.